The van der Waals surface area contributed by atoms with Crippen LogP contribution >= 0.6 is 11.3 Å². The number of aromatic amines is 1. The number of aliphatic imine (C=N–C) groups is 1. The predicted octanol–water partition coefficient (Wildman–Crippen LogP) is 3.55. The highest BCUT2D eigenvalue weighted by atomic mass is 32.1. The van der Waals surface area contributed by atoms with Gasteiger partial charge in [0.2, 0.25) is 0 Å². The molecule has 30 heavy (non-hydrogen) atoms. The van der Waals surface area contributed by atoms with Crippen LogP contribution in [0.15, 0.2) is 40.8 Å². The van der Waals surface area contributed by atoms with E-state index >= 15 is 0 Å². The van der Waals surface area contributed by atoms with E-state index in [-0.39, 0.29) is 0 Å². The lowest BCUT2D eigenvalue weighted by Crippen LogP contribution is -2.43. The number of para-hydroxylation sites is 1. The van der Waals surface area contributed by atoms with Crippen LogP contribution in [0.3, 0.4) is 0 Å². The first-order valence-electron chi connectivity index (χ1n) is 10.8. The van der Waals surface area contributed by atoms with Crippen molar-refractivity contribution in [2.75, 3.05) is 33.2 Å². The third-order valence-corrected chi connectivity index (χ3v) is 6.73. The highest BCUT2D eigenvalue weighted by Crippen LogP contribution is 2.19. The van der Waals surface area contributed by atoms with Gasteiger partial charge in [0.25, 0.3) is 0 Å². The fourth-order valence-corrected chi connectivity index (χ4v) is 4.78. The molecule has 6 nitrogen and oxygen atoms in total. The predicted molar refractivity (Wildman–Crippen MR) is 126 cm³/mol. The van der Waals surface area contributed by atoms with Gasteiger partial charge in [-0.1, -0.05) is 18.2 Å². The van der Waals surface area contributed by atoms with Gasteiger partial charge in [0.1, 0.15) is 0 Å². The van der Waals surface area contributed by atoms with Crippen molar-refractivity contribution in [3.05, 3.63) is 52.1 Å². The molecule has 3 N–H and O–H groups in total. The van der Waals surface area contributed by atoms with Crippen LogP contribution in [0.25, 0.3) is 10.9 Å². The molecule has 2 aromatic heterocycles. The lowest BCUT2D eigenvalue weighted by Gasteiger charge is -2.31. The third kappa shape index (κ3) is 5.40. The summed E-state index contributed by atoms with van der Waals surface area (Å²) in [6, 6.07) is 8.46. The fraction of sp³-hybridized carbons (Fsp3) is 0.478. The first kappa shape index (κ1) is 20.9. The maximum atomic E-state index is 4.60. The smallest absolute Gasteiger partial charge is 0.190 e. The van der Waals surface area contributed by atoms with Gasteiger partial charge >= 0.3 is 0 Å². The van der Waals surface area contributed by atoms with E-state index in [0.29, 0.717) is 5.92 Å². The molecule has 1 aliphatic heterocycles. The molecule has 7 heteroatoms. The lowest BCUT2D eigenvalue weighted by molar-refractivity contribution is 0.176. The largest absolute Gasteiger partial charge is 0.361 e. The zero-order chi connectivity index (χ0) is 20.8. The quantitative estimate of drug-likeness (QED) is 0.401. The number of nitrogens with zero attached hydrogens (tertiary/aromatic N) is 3. The van der Waals surface area contributed by atoms with Crippen molar-refractivity contribution < 1.29 is 0 Å². The first-order valence-corrected chi connectivity index (χ1v) is 11.7. The van der Waals surface area contributed by atoms with E-state index in [4.69, 9.17) is 0 Å². The fourth-order valence-electron chi connectivity index (χ4n) is 4.17. The number of rotatable bonds is 7. The molecule has 0 saturated carbocycles. The standard InChI is InChI=1S/C23H32N6S/c1-17-28-20(16-30-17)15-29-11-8-18(9-12-29)13-27-23(24-2)25-10-7-19-14-26-22-6-4-3-5-21(19)22/h3-6,14,16,18,26H,7-13,15H2,1-2H3,(H2,24,25,27). The van der Waals surface area contributed by atoms with Crippen LogP contribution in [0.1, 0.15) is 29.1 Å². The summed E-state index contributed by atoms with van der Waals surface area (Å²) in [7, 11) is 1.85. The first-order chi connectivity index (χ1) is 14.7. The second-order valence-electron chi connectivity index (χ2n) is 8.07. The number of benzene rings is 1. The third-order valence-electron chi connectivity index (χ3n) is 5.90. The molecule has 4 rings (SSSR count). The number of nitrogens with one attached hydrogen (secondary N) is 3. The number of aromatic nitrogens is 2. The summed E-state index contributed by atoms with van der Waals surface area (Å²) in [6.07, 6.45) is 5.54. The van der Waals surface area contributed by atoms with E-state index in [1.807, 2.05) is 7.05 Å². The summed E-state index contributed by atoms with van der Waals surface area (Å²) in [5, 5.41) is 11.6. The minimum atomic E-state index is 0.700. The number of piperidine rings is 1. The molecule has 0 radical (unpaired) electrons. The number of H-pyrrole nitrogens is 1. The molecule has 3 heterocycles. The molecular weight excluding hydrogens is 392 g/mol. The summed E-state index contributed by atoms with van der Waals surface area (Å²) in [4.78, 5) is 14.9. The van der Waals surface area contributed by atoms with Crippen molar-refractivity contribution in [3.63, 3.8) is 0 Å². The minimum absolute atomic E-state index is 0.700. The van der Waals surface area contributed by atoms with Crippen LogP contribution in [0.5, 0.6) is 0 Å². The molecule has 160 valence electrons. The number of aryl methyl sites for hydroxylation is 1. The van der Waals surface area contributed by atoms with Crippen LogP contribution in [0.4, 0.5) is 0 Å². The molecule has 1 aromatic carbocycles. The second-order valence-corrected chi connectivity index (χ2v) is 9.13. The van der Waals surface area contributed by atoms with Gasteiger partial charge < -0.3 is 15.6 Å². The van der Waals surface area contributed by atoms with E-state index in [2.05, 4.69) is 73.3 Å². The topological polar surface area (TPSA) is 68.3 Å². The Morgan fingerprint density at radius 1 is 1.27 bits per heavy atom. The number of hydrogen-bond acceptors (Lipinski definition) is 4. The van der Waals surface area contributed by atoms with Gasteiger partial charge in [-0.2, -0.15) is 0 Å². The Bertz CT molecular complexity index is 967. The van der Waals surface area contributed by atoms with Gasteiger partial charge in [-0.25, -0.2) is 4.98 Å². The van der Waals surface area contributed by atoms with Gasteiger partial charge in [-0.15, -0.1) is 11.3 Å². The Morgan fingerprint density at radius 2 is 2.10 bits per heavy atom. The molecule has 0 spiro atoms. The molecule has 0 atom stereocenters. The van der Waals surface area contributed by atoms with Gasteiger partial charge in [0.15, 0.2) is 5.96 Å². The zero-order valence-corrected chi connectivity index (χ0v) is 18.8. The number of guanidine groups is 1. The Kier molecular flexibility index (Phi) is 7.02. The summed E-state index contributed by atoms with van der Waals surface area (Å²) in [5.41, 5.74) is 3.76. The Balaban J connectivity index is 1.16. The van der Waals surface area contributed by atoms with Crippen molar-refractivity contribution in [2.45, 2.75) is 32.7 Å². The number of fused-ring (bicyclic) bond motifs is 1. The summed E-state index contributed by atoms with van der Waals surface area (Å²) < 4.78 is 0. The van der Waals surface area contributed by atoms with Crippen LogP contribution in [-0.4, -0.2) is 54.1 Å². The molecule has 3 aromatic rings. The average molecular weight is 425 g/mol. The minimum Gasteiger partial charge on any atom is -0.361 e. The molecule has 0 amide bonds. The molecule has 0 bridgehead atoms. The van der Waals surface area contributed by atoms with Crippen LogP contribution in [-0.2, 0) is 13.0 Å². The molecule has 1 aliphatic rings. The van der Waals surface area contributed by atoms with E-state index in [0.717, 1.165) is 50.1 Å². The van der Waals surface area contributed by atoms with Gasteiger partial charge in [-0.3, -0.25) is 9.89 Å². The average Bonchev–Trinajstić information content (AvgIpc) is 3.37. The van der Waals surface area contributed by atoms with E-state index in [1.54, 1.807) is 11.3 Å². The van der Waals surface area contributed by atoms with E-state index in [1.165, 1.54) is 35.0 Å². The van der Waals surface area contributed by atoms with Crippen molar-refractivity contribution in [2.24, 2.45) is 10.9 Å². The molecule has 0 aliphatic carbocycles. The number of thiazole rings is 1. The molecule has 0 unspecified atom stereocenters. The summed E-state index contributed by atoms with van der Waals surface area (Å²) >= 11 is 1.74. The Morgan fingerprint density at radius 3 is 2.87 bits per heavy atom. The summed E-state index contributed by atoms with van der Waals surface area (Å²) in [5.74, 6) is 1.60. The zero-order valence-electron chi connectivity index (χ0n) is 17.9. The number of hydrogen-bond donors (Lipinski definition) is 3. The van der Waals surface area contributed by atoms with Crippen LogP contribution < -0.4 is 10.6 Å². The van der Waals surface area contributed by atoms with Gasteiger partial charge in [0.05, 0.1) is 10.7 Å². The molecule has 1 saturated heterocycles. The summed E-state index contributed by atoms with van der Waals surface area (Å²) in [6.45, 7) is 7.21. The van der Waals surface area contributed by atoms with E-state index in [9.17, 15) is 0 Å². The maximum absolute atomic E-state index is 4.60. The highest BCUT2D eigenvalue weighted by Gasteiger charge is 2.20. The number of likely N-dealkylation sites (tertiary alicyclic amines) is 1. The van der Waals surface area contributed by atoms with Gasteiger partial charge in [0, 0.05) is 49.2 Å². The Hall–Kier alpha value is -2.38. The van der Waals surface area contributed by atoms with Crippen LogP contribution in [0.2, 0.25) is 0 Å². The second kappa shape index (κ2) is 10.1. The van der Waals surface area contributed by atoms with Crippen molar-refractivity contribution >= 4 is 28.2 Å². The Labute approximate surface area is 182 Å². The lowest BCUT2D eigenvalue weighted by atomic mass is 9.97. The van der Waals surface area contributed by atoms with Gasteiger partial charge in [-0.05, 0) is 56.8 Å². The van der Waals surface area contributed by atoms with Crippen LogP contribution in [0, 0.1) is 12.8 Å². The van der Waals surface area contributed by atoms with E-state index < -0.39 is 0 Å². The van der Waals surface area contributed by atoms with Crippen molar-refractivity contribution in [1.29, 1.82) is 0 Å². The molecule has 1 fully saturated rings. The SMILES string of the molecule is CN=C(NCCc1c[nH]c2ccccc12)NCC1CCN(Cc2csc(C)n2)CC1. The molecular formula is C23H32N6S. The highest BCUT2D eigenvalue weighted by molar-refractivity contribution is 7.09. The monoisotopic (exact) mass is 424 g/mol. The maximum Gasteiger partial charge on any atom is 0.190 e. The normalized spacial score (nSPS) is 16.3. The van der Waals surface area contributed by atoms with Crippen molar-refractivity contribution in [1.82, 2.24) is 25.5 Å². The van der Waals surface area contributed by atoms with Crippen molar-refractivity contribution in [3.8, 4) is 0 Å².